The second-order valence-electron chi connectivity index (χ2n) is 15.6. The quantitative estimate of drug-likeness (QED) is 0.190. The number of carbonyl (C=O) groups is 4. The molecule has 1 aromatic carbocycles. The van der Waals surface area contributed by atoms with Gasteiger partial charge in [-0.05, 0) is 70.1 Å². The maximum Gasteiger partial charge on any atom is 0.429 e. The molecule has 4 amide bonds. The third kappa shape index (κ3) is 13.1. The molecule has 2 aromatic rings. The van der Waals surface area contributed by atoms with Gasteiger partial charge in [-0.1, -0.05) is 76.3 Å². The fourth-order valence-electron chi connectivity index (χ4n) is 7.39. The van der Waals surface area contributed by atoms with Crippen molar-refractivity contribution >= 4 is 23.8 Å². The van der Waals surface area contributed by atoms with Crippen LogP contribution in [0.5, 0.6) is 0 Å². The van der Waals surface area contributed by atoms with E-state index in [0.29, 0.717) is 56.3 Å². The van der Waals surface area contributed by atoms with Crippen molar-refractivity contribution in [2.75, 3.05) is 40.8 Å². The minimum absolute atomic E-state index is 0.0787. The Balaban J connectivity index is 1.56. The van der Waals surface area contributed by atoms with Crippen molar-refractivity contribution in [2.45, 2.75) is 122 Å². The number of aliphatic hydroxyl groups excluding tert-OH is 1. The highest BCUT2D eigenvalue weighted by molar-refractivity contribution is 5.91. The predicted molar refractivity (Wildman–Crippen MR) is 203 cm³/mol. The molecule has 294 valence electrons. The van der Waals surface area contributed by atoms with Crippen LogP contribution in [0.25, 0.3) is 0 Å². The lowest BCUT2D eigenvalue weighted by molar-refractivity contribution is -0.149. The van der Waals surface area contributed by atoms with Gasteiger partial charge in [0, 0.05) is 45.6 Å². The molecule has 1 aliphatic carbocycles. The zero-order valence-electron chi connectivity index (χ0n) is 32.5. The van der Waals surface area contributed by atoms with E-state index in [1.165, 1.54) is 27.7 Å². The van der Waals surface area contributed by atoms with Crippen molar-refractivity contribution in [3.8, 4) is 0 Å². The molecular formula is C40H63N7O6. The van der Waals surface area contributed by atoms with Crippen LogP contribution in [0.15, 0.2) is 42.9 Å². The molecule has 4 rings (SSSR count). The van der Waals surface area contributed by atoms with Gasteiger partial charge in [0.1, 0.15) is 6.04 Å². The molecule has 4 atom stereocenters. The number of ether oxygens (including phenoxy) is 1. The van der Waals surface area contributed by atoms with Crippen molar-refractivity contribution < 1.29 is 29.0 Å². The van der Waals surface area contributed by atoms with Crippen molar-refractivity contribution in [2.24, 2.45) is 11.8 Å². The predicted octanol–water partition coefficient (Wildman–Crippen LogP) is 4.57. The topological polar surface area (TPSA) is 151 Å². The Hall–Kier alpha value is -3.97. The highest BCUT2D eigenvalue weighted by Crippen LogP contribution is 2.29. The van der Waals surface area contributed by atoms with Gasteiger partial charge in [-0.2, -0.15) is 0 Å². The van der Waals surface area contributed by atoms with Crippen molar-refractivity contribution in [1.82, 2.24) is 35.1 Å². The van der Waals surface area contributed by atoms with Gasteiger partial charge < -0.3 is 29.9 Å². The van der Waals surface area contributed by atoms with E-state index in [1.807, 2.05) is 49.3 Å². The fraction of sp³-hybridized carbons (Fsp3) is 0.675. The van der Waals surface area contributed by atoms with Gasteiger partial charge in [0.25, 0.3) is 5.91 Å². The first-order valence-corrected chi connectivity index (χ1v) is 19.6. The van der Waals surface area contributed by atoms with Crippen LogP contribution in [-0.2, 0) is 32.0 Å². The third-order valence-corrected chi connectivity index (χ3v) is 10.5. The number of carbonyl (C=O) groups excluding carboxylic acids is 4. The molecule has 1 saturated carbocycles. The molecule has 2 aliphatic rings. The van der Waals surface area contributed by atoms with Gasteiger partial charge in [0.2, 0.25) is 11.8 Å². The molecule has 53 heavy (non-hydrogen) atoms. The smallest absolute Gasteiger partial charge is 0.429 e. The summed E-state index contributed by atoms with van der Waals surface area (Å²) in [6.45, 7) is 5.67. The maximum atomic E-state index is 14.5. The molecule has 13 nitrogen and oxygen atoms in total. The average molecular weight is 738 g/mol. The van der Waals surface area contributed by atoms with E-state index in [9.17, 15) is 24.3 Å². The number of hydrazine groups is 1. The van der Waals surface area contributed by atoms with Crippen LogP contribution >= 0.6 is 0 Å². The molecule has 0 radical (unpaired) electrons. The Morgan fingerprint density at radius 3 is 2.36 bits per heavy atom. The number of hydrogen-bond donors (Lipinski definition) is 3. The summed E-state index contributed by atoms with van der Waals surface area (Å²) in [6, 6.07) is 7.80. The molecule has 3 N–H and O–H groups in total. The summed E-state index contributed by atoms with van der Waals surface area (Å²) < 4.78 is 5.98. The number of amides is 4. The molecule has 1 saturated heterocycles. The van der Waals surface area contributed by atoms with Crippen LogP contribution in [0, 0.1) is 11.8 Å². The van der Waals surface area contributed by atoms with E-state index in [1.54, 1.807) is 13.2 Å². The van der Waals surface area contributed by atoms with Gasteiger partial charge in [-0.25, -0.2) is 19.8 Å². The first kappa shape index (κ1) is 41.8. The summed E-state index contributed by atoms with van der Waals surface area (Å²) in [6.07, 6.45) is 9.88. The molecule has 2 heterocycles. The normalized spacial score (nSPS) is 17.4. The summed E-state index contributed by atoms with van der Waals surface area (Å²) in [4.78, 5) is 66.4. The first-order chi connectivity index (χ1) is 25.4. The van der Waals surface area contributed by atoms with E-state index in [-0.39, 0.29) is 25.2 Å². The second-order valence-corrected chi connectivity index (χ2v) is 15.6. The van der Waals surface area contributed by atoms with E-state index >= 15 is 0 Å². The number of aromatic amines is 1. The lowest BCUT2D eigenvalue weighted by Crippen LogP contribution is -2.56. The van der Waals surface area contributed by atoms with Crippen LogP contribution in [0.3, 0.4) is 0 Å². The average Bonchev–Trinajstić information content (AvgIpc) is 3.85. The van der Waals surface area contributed by atoms with Crippen LogP contribution in [0.4, 0.5) is 4.79 Å². The molecule has 2 fully saturated rings. The number of benzene rings is 1. The first-order valence-electron chi connectivity index (χ1n) is 19.6. The molecule has 1 aliphatic heterocycles. The zero-order chi connectivity index (χ0) is 38.3. The molecular weight excluding hydrogens is 674 g/mol. The van der Waals surface area contributed by atoms with E-state index < -0.39 is 42.2 Å². The highest BCUT2D eigenvalue weighted by atomic mass is 16.6. The lowest BCUT2D eigenvalue weighted by Gasteiger charge is -2.35. The lowest BCUT2D eigenvalue weighted by atomic mass is 9.83. The number of H-pyrrole nitrogens is 1. The number of aromatic nitrogens is 2. The summed E-state index contributed by atoms with van der Waals surface area (Å²) in [5.74, 6) is -0.299. The highest BCUT2D eigenvalue weighted by Gasteiger charge is 2.39. The fourth-order valence-corrected chi connectivity index (χ4v) is 7.39. The standard InChI is InChI=1S/C40H63N7O6/c1-29(2)19-20-35(48)33(24-30-14-8-6-9-15-30)43-38(50)34(26-32-27-41-28-42-32)45(5)39(51)36(25-31-16-10-7-11-17-31)53-40(52)47-23-13-22-46(47)37(49)18-12-21-44(3)4/h7,10-11,16-17,27-30,33-36,48H,6,8-9,12-15,18-26H2,1-5H3,(H,41,42)(H,43,50)/t33-,34-,35-,36-/m0/s1. The SMILES string of the molecule is CC(C)CC[C@H](O)[C@H](CC1CCCCC1)NC(=O)[C@H](Cc1c[nH]cn1)N(C)C(=O)[C@H](Cc1ccccc1)OC(=O)N1CCCN1C(=O)CCCN(C)C. The van der Waals surface area contributed by atoms with Crippen molar-refractivity contribution in [3.05, 3.63) is 54.1 Å². The maximum absolute atomic E-state index is 14.5. The van der Waals surface area contributed by atoms with Gasteiger partial charge in [0.15, 0.2) is 6.10 Å². The Labute approximate surface area is 315 Å². The van der Waals surface area contributed by atoms with E-state index in [2.05, 4.69) is 29.1 Å². The van der Waals surface area contributed by atoms with Crippen LogP contribution in [-0.4, -0.2) is 124 Å². The Bertz CT molecular complexity index is 1420. The summed E-state index contributed by atoms with van der Waals surface area (Å²) in [5.41, 5.74) is 1.37. The number of imidazole rings is 1. The molecule has 0 bridgehead atoms. The molecule has 0 spiro atoms. The van der Waals surface area contributed by atoms with Gasteiger partial charge in [0.05, 0.1) is 24.2 Å². The van der Waals surface area contributed by atoms with Gasteiger partial charge in [-0.3, -0.25) is 14.4 Å². The number of aliphatic hydroxyl groups is 1. The Morgan fingerprint density at radius 2 is 1.70 bits per heavy atom. The van der Waals surface area contributed by atoms with Crippen LogP contribution in [0.2, 0.25) is 0 Å². The Morgan fingerprint density at radius 1 is 0.981 bits per heavy atom. The number of nitrogens with one attached hydrogen (secondary N) is 2. The number of hydrogen-bond acceptors (Lipinski definition) is 8. The number of likely N-dealkylation sites (N-methyl/N-ethyl adjacent to an activating group) is 1. The van der Waals surface area contributed by atoms with E-state index in [4.69, 9.17) is 4.74 Å². The third-order valence-electron chi connectivity index (χ3n) is 10.5. The monoisotopic (exact) mass is 737 g/mol. The zero-order valence-corrected chi connectivity index (χ0v) is 32.5. The summed E-state index contributed by atoms with van der Waals surface area (Å²) in [5, 5.41) is 17.3. The largest absolute Gasteiger partial charge is 0.434 e. The van der Waals surface area contributed by atoms with Crippen LogP contribution in [0.1, 0.15) is 95.7 Å². The summed E-state index contributed by atoms with van der Waals surface area (Å²) in [7, 11) is 5.44. The van der Waals surface area contributed by atoms with Gasteiger partial charge in [-0.15, -0.1) is 0 Å². The second kappa shape index (κ2) is 21.1. The number of nitrogens with zero attached hydrogens (tertiary/aromatic N) is 5. The Kier molecular flexibility index (Phi) is 16.6. The minimum atomic E-state index is -1.27. The van der Waals surface area contributed by atoms with Gasteiger partial charge >= 0.3 is 6.09 Å². The van der Waals surface area contributed by atoms with Crippen molar-refractivity contribution in [1.29, 1.82) is 0 Å². The van der Waals surface area contributed by atoms with Crippen LogP contribution < -0.4 is 5.32 Å². The number of rotatable bonds is 19. The molecule has 13 heteroatoms. The molecule has 1 aromatic heterocycles. The van der Waals surface area contributed by atoms with Crippen molar-refractivity contribution in [3.63, 3.8) is 0 Å². The molecule has 0 unspecified atom stereocenters. The summed E-state index contributed by atoms with van der Waals surface area (Å²) >= 11 is 0. The minimum Gasteiger partial charge on any atom is -0.434 e. The van der Waals surface area contributed by atoms with E-state index in [0.717, 1.165) is 44.2 Å².